The number of hydrogen-bond acceptors (Lipinski definition) is 4. The van der Waals surface area contributed by atoms with Crippen molar-refractivity contribution in [2.45, 2.75) is 39.0 Å². The van der Waals surface area contributed by atoms with Gasteiger partial charge in [-0.25, -0.2) is 0 Å². The first-order chi connectivity index (χ1) is 13.4. The molecule has 2 aromatic rings. The van der Waals surface area contributed by atoms with Gasteiger partial charge in [0.15, 0.2) is 0 Å². The van der Waals surface area contributed by atoms with Gasteiger partial charge >= 0.3 is 6.61 Å². The summed E-state index contributed by atoms with van der Waals surface area (Å²) in [5, 5.41) is 2.85. The lowest BCUT2D eigenvalue weighted by Gasteiger charge is -2.20. The zero-order chi connectivity index (χ0) is 20.1. The molecule has 0 spiro atoms. The summed E-state index contributed by atoms with van der Waals surface area (Å²) in [5.41, 5.74) is 1.97. The molecule has 2 atom stereocenters. The maximum atomic E-state index is 12.2. The number of halogens is 2. The molecule has 1 amide bonds. The molecule has 2 aromatic carbocycles. The number of benzene rings is 2. The van der Waals surface area contributed by atoms with Crippen LogP contribution in [-0.2, 0) is 4.79 Å². The Bertz CT molecular complexity index is 781. The highest BCUT2D eigenvalue weighted by Crippen LogP contribution is 2.26. The highest BCUT2D eigenvalue weighted by Gasteiger charge is 2.24. The summed E-state index contributed by atoms with van der Waals surface area (Å²) in [7, 11) is 0. The maximum absolute atomic E-state index is 12.2. The number of carbonyl (C=O) groups excluding carboxylic acids is 1. The Morgan fingerprint density at radius 1 is 1.11 bits per heavy atom. The second kappa shape index (κ2) is 8.91. The van der Waals surface area contributed by atoms with E-state index in [0.29, 0.717) is 0 Å². The number of rotatable bonds is 7. The van der Waals surface area contributed by atoms with Crippen molar-refractivity contribution in [1.29, 1.82) is 0 Å². The average molecular weight is 390 g/mol. The number of carbonyl (C=O) groups is 1. The summed E-state index contributed by atoms with van der Waals surface area (Å²) in [6.45, 7) is 2.17. The minimum Gasteiger partial charge on any atom is -0.489 e. The van der Waals surface area contributed by atoms with Crippen LogP contribution in [0.25, 0.3) is 0 Å². The number of anilines is 1. The molecule has 1 heterocycles. The van der Waals surface area contributed by atoms with E-state index < -0.39 is 6.61 Å². The lowest BCUT2D eigenvalue weighted by Crippen LogP contribution is -2.24. The second-order valence-corrected chi connectivity index (χ2v) is 6.84. The fourth-order valence-corrected chi connectivity index (χ4v) is 3.31. The van der Waals surface area contributed by atoms with Crippen LogP contribution in [0.3, 0.4) is 0 Å². The highest BCUT2D eigenvalue weighted by atomic mass is 19.3. The van der Waals surface area contributed by atoms with Crippen LogP contribution in [0.15, 0.2) is 48.5 Å². The third-order valence-corrected chi connectivity index (χ3v) is 4.67. The molecular weight excluding hydrogens is 366 g/mol. The largest absolute Gasteiger partial charge is 0.489 e. The molecule has 0 radical (unpaired) electrons. The van der Waals surface area contributed by atoms with Crippen LogP contribution in [0.2, 0.25) is 0 Å². The van der Waals surface area contributed by atoms with Crippen molar-refractivity contribution in [3.63, 3.8) is 0 Å². The Morgan fingerprint density at radius 2 is 1.75 bits per heavy atom. The van der Waals surface area contributed by atoms with Crippen LogP contribution in [0.4, 0.5) is 14.5 Å². The number of ether oxygens (including phenoxy) is 2. The van der Waals surface area contributed by atoms with Gasteiger partial charge in [-0.05, 0) is 48.9 Å². The SMILES string of the molecule is CC(=O)N[C@@H](C)c1ccc(OC2CCN(c3ccc(OC(F)F)cc3)C2)cc1. The molecule has 1 aliphatic heterocycles. The molecule has 1 saturated heterocycles. The van der Waals surface area contributed by atoms with Gasteiger partial charge < -0.3 is 19.7 Å². The zero-order valence-corrected chi connectivity index (χ0v) is 15.9. The molecule has 150 valence electrons. The van der Waals surface area contributed by atoms with Crippen molar-refractivity contribution in [2.24, 2.45) is 0 Å². The Kier molecular flexibility index (Phi) is 6.34. The lowest BCUT2D eigenvalue weighted by atomic mass is 10.1. The fourth-order valence-electron chi connectivity index (χ4n) is 3.31. The van der Waals surface area contributed by atoms with Crippen LogP contribution in [0, 0.1) is 0 Å². The Balaban J connectivity index is 1.53. The molecule has 0 saturated carbocycles. The van der Waals surface area contributed by atoms with E-state index in [9.17, 15) is 13.6 Å². The van der Waals surface area contributed by atoms with Gasteiger partial charge in [0.05, 0.1) is 12.6 Å². The van der Waals surface area contributed by atoms with Crippen molar-refractivity contribution in [3.8, 4) is 11.5 Å². The van der Waals surface area contributed by atoms with Gasteiger partial charge in [-0.3, -0.25) is 4.79 Å². The fraction of sp³-hybridized carbons (Fsp3) is 0.381. The predicted octanol–water partition coefficient (Wildman–Crippen LogP) is 4.14. The molecule has 0 bridgehead atoms. The van der Waals surface area contributed by atoms with Gasteiger partial charge in [0.2, 0.25) is 5.91 Å². The highest BCUT2D eigenvalue weighted by molar-refractivity contribution is 5.73. The van der Waals surface area contributed by atoms with E-state index in [0.717, 1.165) is 36.5 Å². The van der Waals surface area contributed by atoms with E-state index >= 15 is 0 Å². The van der Waals surface area contributed by atoms with Crippen molar-refractivity contribution < 1.29 is 23.0 Å². The molecular formula is C21H24F2N2O3. The normalized spacial score (nSPS) is 17.5. The summed E-state index contributed by atoms with van der Waals surface area (Å²) in [6, 6.07) is 14.3. The number of nitrogens with one attached hydrogen (secondary N) is 1. The van der Waals surface area contributed by atoms with E-state index in [2.05, 4.69) is 15.0 Å². The topological polar surface area (TPSA) is 50.8 Å². The molecule has 7 heteroatoms. The summed E-state index contributed by atoms with van der Waals surface area (Å²) in [4.78, 5) is 13.3. The summed E-state index contributed by atoms with van der Waals surface area (Å²) >= 11 is 0. The van der Waals surface area contributed by atoms with Gasteiger partial charge in [0, 0.05) is 25.6 Å². The van der Waals surface area contributed by atoms with Gasteiger partial charge in [0.25, 0.3) is 0 Å². The number of hydrogen-bond donors (Lipinski definition) is 1. The molecule has 1 aliphatic rings. The van der Waals surface area contributed by atoms with Gasteiger partial charge in [-0.1, -0.05) is 12.1 Å². The Hall–Kier alpha value is -2.83. The van der Waals surface area contributed by atoms with Crippen molar-refractivity contribution in [2.75, 3.05) is 18.0 Å². The van der Waals surface area contributed by atoms with Gasteiger partial charge in [-0.15, -0.1) is 0 Å². The monoisotopic (exact) mass is 390 g/mol. The molecule has 1 N–H and O–H groups in total. The van der Waals surface area contributed by atoms with Crippen molar-refractivity contribution in [1.82, 2.24) is 5.32 Å². The quantitative estimate of drug-likeness (QED) is 0.772. The van der Waals surface area contributed by atoms with E-state index in [1.807, 2.05) is 31.2 Å². The summed E-state index contributed by atoms with van der Waals surface area (Å²) in [6.07, 6.45) is 0.926. The van der Waals surface area contributed by atoms with E-state index in [1.54, 1.807) is 24.3 Å². The Labute approximate surface area is 163 Å². The van der Waals surface area contributed by atoms with E-state index in [-0.39, 0.29) is 23.8 Å². The summed E-state index contributed by atoms with van der Waals surface area (Å²) < 4.78 is 34.9. The minimum absolute atomic E-state index is 0.0504. The first-order valence-corrected chi connectivity index (χ1v) is 9.24. The molecule has 0 aliphatic carbocycles. The molecule has 5 nitrogen and oxygen atoms in total. The zero-order valence-electron chi connectivity index (χ0n) is 15.9. The van der Waals surface area contributed by atoms with Crippen LogP contribution in [0.5, 0.6) is 11.5 Å². The molecule has 1 unspecified atom stereocenters. The predicted molar refractivity (Wildman–Crippen MR) is 103 cm³/mol. The lowest BCUT2D eigenvalue weighted by molar-refractivity contribution is -0.119. The number of amides is 1. The molecule has 28 heavy (non-hydrogen) atoms. The first kappa shape index (κ1) is 19.9. The van der Waals surface area contributed by atoms with Crippen LogP contribution >= 0.6 is 0 Å². The summed E-state index contributed by atoms with van der Waals surface area (Å²) in [5.74, 6) is 0.873. The maximum Gasteiger partial charge on any atom is 0.387 e. The van der Waals surface area contributed by atoms with Gasteiger partial charge in [-0.2, -0.15) is 8.78 Å². The van der Waals surface area contributed by atoms with Crippen molar-refractivity contribution >= 4 is 11.6 Å². The third kappa shape index (κ3) is 5.34. The first-order valence-electron chi connectivity index (χ1n) is 9.24. The number of nitrogens with zero attached hydrogens (tertiary/aromatic N) is 1. The molecule has 3 rings (SSSR count). The number of alkyl halides is 2. The minimum atomic E-state index is -2.82. The van der Waals surface area contributed by atoms with E-state index in [4.69, 9.17) is 4.74 Å². The van der Waals surface area contributed by atoms with E-state index in [1.165, 1.54) is 6.92 Å². The smallest absolute Gasteiger partial charge is 0.387 e. The van der Waals surface area contributed by atoms with Crippen LogP contribution in [0.1, 0.15) is 31.9 Å². The van der Waals surface area contributed by atoms with Crippen molar-refractivity contribution in [3.05, 3.63) is 54.1 Å². The third-order valence-electron chi connectivity index (χ3n) is 4.67. The van der Waals surface area contributed by atoms with Crippen LogP contribution < -0.4 is 19.7 Å². The second-order valence-electron chi connectivity index (χ2n) is 6.84. The average Bonchev–Trinajstić information content (AvgIpc) is 3.10. The Morgan fingerprint density at radius 3 is 2.36 bits per heavy atom. The molecule has 1 fully saturated rings. The molecule has 0 aromatic heterocycles. The van der Waals surface area contributed by atoms with Crippen LogP contribution in [-0.4, -0.2) is 31.7 Å². The van der Waals surface area contributed by atoms with Gasteiger partial charge in [0.1, 0.15) is 17.6 Å². The standard InChI is InChI=1S/C21H24F2N2O3/c1-14(24-15(2)26)16-3-7-18(8-4-16)27-20-11-12-25(13-20)17-5-9-19(10-6-17)28-21(22)23/h3-10,14,20-21H,11-13H2,1-2H3,(H,24,26)/t14-,20?/m0/s1.